The summed E-state index contributed by atoms with van der Waals surface area (Å²) in [6.45, 7) is 1.85. The van der Waals surface area contributed by atoms with Crippen molar-refractivity contribution in [3.05, 3.63) is 63.1 Å². The summed E-state index contributed by atoms with van der Waals surface area (Å²) in [5, 5.41) is 9.82. The Kier molecular flexibility index (Phi) is 5.05. The number of carbonyl (C=O) groups excluding carboxylic acids is 1. The number of nitrogens with zero attached hydrogens (tertiary/aromatic N) is 2. The number of carbonyl (C=O) groups is 1. The van der Waals surface area contributed by atoms with Crippen LogP contribution in [-0.4, -0.2) is 22.8 Å². The molecule has 1 N–H and O–H groups in total. The lowest BCUT2D eigenvalue weighted by Crippen LogP contribution is -2.13. The molecule has 4 aromatic rings. The fourth-order valence-electron chi connectivity index (χ4n) is 3.21. The van der Waals surface area contributed by atoms with Gasteiger partial charge in [-0.05, 0) is 37.3 Å². The number of ether oxygens (including phenoxy) is 2. The molecule has 7 nitrogen and oxygen atoms in total. The number of hydrogen-bond donors (Lipinski definition) is 1. The average Bonchev–Trinajstić information content (AvgIpc) is 3.47. The Bertz CT molecular complexity index is 1300. The van der Waals surface area contributed by atoms with Crippen LogP contribution in [0.5, 0.6) is 11.5 Å². The Morgan fingerprint density at radius 3 is 2.71 bits per heavy atom. The molecule has 5 rings (SSSR count). The van der Waals surface area contributed by atoms with E-state index in [0.29, 0.717) is 43.7 Å². The molecule has 0 radical (unpaired) electrons. The highest BCUT2D eigenvalue weighted by molar-refractivity contribution is 7.14. The number of thiazole rings is 1. The van der Waals surface area contributed by atoms with Crippen molar-refractivity contribution in [3.8, 4) is 34.0 Å². The van der Waals surface area contributed by atoms with Gasteiger partial charge in [0, 0.05) is 16.5 Å². The number of amides is 1. The molecule has 1 amide bonds. The van der Waals surface area contributed by atoms with Crippen LogP contribution >= 0.6 is 34.5 Å². The van der Waals surface area contributed by atoms with Crippen LogP contribution in [0.4, 0.5) is 5.13 Å². The number of halogens is 2. The Morgan fingerprint density at radius 1 is 1.13 bits per heavy atom. The number of fused-ring (bicyclic) bond motifs is 1. The second kappa shape index (κ2) is 7.88. The first kappa shape index (κ1) is 19.9. The van der Waals surface area contributed by atoms with Crippen molar-refractivity contribution in [1.29, 1.82) is 0 Å². The number of aryl methyl sites for hydroxylation is 1. The Morgan fingerprint density at radius 2 is 1.90 bits per heavy atom. The third-order valence-electron chi connectivity index (χ3n) is 4.68. The number of hydrogen-bond acceptors (Lipinski definition) is 7. The molecule has 0 bridgehead atoms. The lowest BCUT2D eigenvalue weighted by molar-refractivity contribution is 0.102. The SMILES string of the molecule is Cc1onc(-c2c(Cl)cccc2Cl)c1C(=O)Nc1nc(-c2ccc3c(c2)OCO3)cs1. The van der Waals surface area contributed by atoms with Gasteiger partial charge in [0.05, 0.1) is 15.7 Å². The van der Waals surface area contributed by atoms with E-state index in [1.165, 1.54) is 11.3 Å². The van der Waals surface area contributed by atoms with Crippen molar-refractivity contribution in [2.75, 3.05) is 12.1 Å². The van der Waals surface area contributed by atoms with Crippen LogP contribution in [0, 0.1) is 6.92 Å². The predicted octanol–water partition coefficient (Wildman–Crippen LogP) is 6.06. The minimum atomic E-state index is -0.420. The van der Waals surface area contributed by atoms with E-state index >= 15 is 0 Å². The molecule has 0 saturated carbocycles. The number of anilines is 1. The van der Waals surface area contributed by atoms with Crippen LogP contribution in [0.2, 0.25) is 10.0 Å². The van der Waals surface area contributed by atoms with Crippen molar-refractivity contribution in [2.45, 2.75) is 6.92 Å². The van der Waals surface area contributed by atoms with E-state index in [2.05, 4.69) is 15.5 Å². The summed E-state index contributed by atoms with van der Waals surface area (Å²) < 4.78 is 16.0. The van der Waals surface area contributed by atoms with Gasteiger partial charge in [-0.15, -0.1) is 11.3 Å². The second-order valence-corrected chi connectivity index (χ2v) is 8.29. The molecule has 1 aliphatic heterocycles. The van der Waals surface area contributed by atoms with Gasteiger partial charge in [-0.3, -0.25) is 10.1 Å². The molecule has 0 saturated heterocycles. The van der Waals surface area contributed by atoms with Crippen molar-refractivity contribution in [3.63, 3.8) is 0 Å². The Balaban J connectivity index is 1.43. The van der Waals surface area contributed by atoms with E-state index in [0.717, 1.165) is 5.56 Å². The van der Waals surface area contributed by atoms with Crippen molar-refractivity contribution >= 4 is 45.6 Å². The summed E-state index contributed by atoms with van der Waals surface area (Å²) in [6.07, 6.45) is 0. The highest BCUT2D eigenvalue weighted by Crippen LogP contribution is 2.38. The maximum atomic E-state index is 13.0. The zero-order valence-electron chi connectivity index (χ0n) is 15.9. The van der Waals surface area contributed by atoms with Crippen molar-refractivity contribution in [2.24, 2.45) is 0 Å². The third-order valence-corrected chi connectivity index (χ3v) is 6.07. The second-order valence-electron chi connectivity index (χ2n) is 6.62. The third kappa shape index (κ3) is 3.63. The standard InChI is InChI=1S/C21H13Cl2N3O4S/c1-10-17(19(26-30-10)18-12(22)3-2-4-13(18)23)20(27)25-21-24-14(8-31-21)11-5-6-15-16(7-11)29-9-28-15/h2-8H,9H2,1H3,(H,24,25,27). The van der Waals surface area contributed by atoms with Gasteiger partial charge >= 0.3 is 0 Å². The molecule has 0 fully saturated rings. The zero-order valence-corrected chi connectivity index (χ0v) is 18.3. The van der Waals surface area contributed by atoms with E-state index < -0.39 is 5.91 Å². The Hall–Kier alpha value is -3.07. The predicted molar refractivity (Wildman–Crippen MR) is 118 cm³/mol. The highest BCUT2D eigenvalue weighted by atomic mass is 35.5. The van der Waals surface area contributed by atoms with Crippen LogP contribution in [0.15, 0.2) is 46.3 Å². The maximum Gasteiger partial charge on any atom is 0.263 e. The first-order valence-corrected chi connectivity index (χ1v) is 10.7. The topological polar surface area (TPSA) is 86.5 Å². The van der Waals surface area contributed by atoms with Crippen molar-refractivity contribution in [1.82, 2.24) is 10.1 Å². The normalized spacial score (nSPS) is 12.2. The molecule has 10 heteroatoms. The van der Waals surface area contributed by atoms with Gasteiger partial charge in [0.2, 0.25) is 6.79 Å². The minimum Gasteiger partial charge on any atom is -0.454 e. The summed E-state index contributed by atoms with van der Waals surface area (Å²) >= 11 is 13.9. The van der Waals surface area contributed by atoms with Gasteiger partial charge in [0.1, 0.15) is 17.0 Å². The van der Waals surface area contributed by atoms with Gasteiger partial charge in [0.25, 0.3) is 5.91 Å². The van der Waals surface area contributed by atoms with E-state index in [4.69, 9.17) is 37.2 Å². The van der Waals surface area contributed by atoms with E-state index in [-0.39, 0.29) is 18.1 Å². The van der Waals surface area contributed by atoms with E-state index in [1.54, 1.807) is 25.1 Å². The zero-order chi connectivity index (χ0) is 21.5. The molecular formula is C21H13Cl2N3O4S. The highest BCUT2D eigenvalue weighted by Gasteiger charge is 2.25. The van der Waals surface area contributed by atoms with Gasteiger partial charge in [-0.2, -0.15) is 0 Å². The first-order valence-electron chi connectivity index (χ1n) is 9.09. The first-order chi connectivity index (χ1) is 15.0. The lowest BCUT2D eigenvalue weighted by atomic mass is 10.1. The van der Waals surface area contributed by atoms with Crippen LogP contribution < -0.4 is 14.8 Å². The molecule has 0 spiro atoms. The van der Waals surface area contributed by atoms with Gasteiger partial charge < -0.3 is 14.0 Å². The van der Waals surface area contributed by atoms with Crippen molar-refractivity contribution < 1.29 is 18.8 Å². The smallest absolute Gasteiger partial charge is 0.263 e. The van der Waals surface area contributed by atoms with Crippen LogP contribution in [0.3, 0.4) is 0 Å². The van der Waals surface area contributed by atoms with Crippen LogP contribution in [0.1, 0.15) is 16.1 Å². The van der Waals surface area contributed by atoms with Gasteiger partial charge in [-0.25, -0.2) is 4.98 Å². The van der Waals surface area contributed by atoms with Gasteiger partial charge in [0.15, 0.2) is 16.6 Å². The number of nitrogens with one attached hydrogen (secondary N) is 1. The molecule has 1 aliphatic rings. The van der Waals surface area contributed by atoms with E-state index in [9.17, 15) is 4.79 Å². The molecule has 0 aliphatic carbocycles. The monoisotopic (exact) mass is 473 g/mol. The molecule has 3 heterocycles. The van der Waals surface area contributed by atoms with Gasteiger partial charge in [-0.1, -0.05) is 34.4 Å². The average molecular weight is 474 g/mol. The molecule has 156 valence electrons. The molecule has 31 heavy (non-hydrogen) atoms. The fourth-order valence-corrected chi connectivity index (χ4v) is 4.50. The quantitative estimate of drug-likeness (QED) is 0.387. The largest absolute Gasteiger partial charge is 0.454 e. The van der Waals surface area contributed by atoms with Crippen LogP contribution in [-0.2, 0) is 0 Å². The lowest BCUT2D eigenvalue weighted by Gasteiger charge is -2.06. The number of rotatable bonds is 4. The summed E-state index contributed by atoms with van der Waals surface area (Å²) in [7, 11) is 0. The molecule has 2 aromatic heterocycles. The summed E-state index contributed by atoms with van der Waals surface area (Å²) in [4.78, 5) is 17.6. The van der Waals surface area contributed by atoms with E-state index in [1.807, 2.05) is 23.6 Å². The molecular weight excluding hydrogens is 461 g/mol. The molecule has 0 unspecified atom stereocenters. The maximum absolute atomic E-state index is 13.0. The number of benzene rings is 2. The summed E-state index contributed by atoms with van der Waals surface area (Å²) in [5.41, 5.74) is 2.52. The summed E-state index contributed by atoms with van der Waals surface area (Å²) in [5.74, 6) is 1.28. The minimum absolute atomic E-state index is 0.201. The van der Waals surface area contributed by atoms with Crippen LogP contribution in [0.25, 0.3) is 22.5 Å². The molecule has 0 atom stereocenters. The Labute approximate surface area is 190 Å². The summed E-state index contributed by atoms with van der Waals surface area (Å²) in [6, 6.07) is 10.6. The fraction of sp³-hybridized carbons (Fsp3) is 0.0952. The molecule has 2 aromatic carbocycles. The number of aromatic nitrogens is 2.